The number of rotatable bonds is 4. The van der Waals surface area contributed by atoms with Gasteiger partial charge in [0.1, 0.15) is 5.82 Å². The second-order valence-corrected chi connectivity index (χ2v) is 2.92. The number of hydrogen-bond acceptors (Lipinski definition) is 2. The van der Waals surface area contributed by atoms with Crippen molar-refractivity contribution in [3.05, 3.63) is 29.6 Å². The minimum Gasteiger partial charge on any atom is -0.478 e. The normalized spacial score (nSPS) is 9.86. The van der Waals surface area contributed by atoms with Crippen molar-refractivity contribution in [2.45, 2.75) is 13.3 Å². The van der Waals surface area contributed by atoms with Crippen LogP contribution in [0.4, 0.5) is 10.1 Å². The van der Waals surface area contributed by atoms with Gasteiger partial charge in [0.2, 0.25) is 0 Å². The summed E-state index contributed by atoms with van der Waals surface area (Å²) in [6, 6.07) is 3.69. The molecule has 0 aromatic heterocycles. The predicted octanol–water partition coefficient (Wildman–Crippen LogP) is 2.35. The summed E-state index contributed by atoms with van der Waals surface area (Å²) in [6.45, 7) is 2.64. The minimum absolute atomic E-state index is 0.0292. The summed E-state index contributed by atoms with van der Waals surface area (Å²) >= 11 is 0. The number of anilines is 1. The molecule has 0 aliphatic heterocycles. The van der Waals surface area contributed by atoms with Gasteiger partial charge in [-0.2, -0.15) is 0 Å². The van der Waals surface area contributed by atoms with E-state index in [0.29, 0.717) is 12.2 Å². The lowest BCUT2D eigenvalue weighted by Crippen LogP contribution is -2.07. The Balaban J connectivity index is 2.96. The predicted molar refractivity (Wildman–Crippen MR) is 52.1 cm³/mol. The first-order valence-electron chi connectivity index (χ1n) is 4.42. The fraction of sp³-hybridized carbons (Fsp3) is 0.300. The Morgan fingerprint density at radius 2 is 2.29 bits per heavy atom. The largest absolute Gasteiger partial charge is 0.478 e. The van der Waals surface area contributed by atoms with Crippen LogP contribution >= 0.6 is 0 Å². The first kappa shape index (κ1) is 10.5. The standard InChI is InChI=1S/C10H12FNO2/c1-2-5-12-9-4-3-7(11)6-8(9)10(13)14/h3-4,6,12H,2,5H2,1H3,(H,13,14). The number of carboxylic acid groups (broad SMARTS) is 1. The van der Waals surface area contributed by atoms with Crippen LogP contribution in [0.2, 0.25) is 0 Å². The Bertz CT molecular complexity index is 339. The van der Waals surface area contributed by atoms with Crippen molar-refractivity contribution in [3.8, 4) is 0 Å². The monoisotopic (exact) mass is 197 g/mol. The first-order chi connectivity index (χ1) is 6.65. The van der Waals surface area contributed by atoms with Crippen LogP contribution in [0, 0.1) is 5.82 Å². The number of benzene rings is 1. The van der Waals surface area contributed by atoms with Crippen molar-refractivity contribution in [1.82, 2.24) is 0 Å². The summed E-state index contributed by atoms with van der Waals surface area (Å²) in [6.07, 6.45) is 0.885. The van der Waals surface area contributed by atoms with Crippen LogP contribution in [-0.4, -0.2) is 17.6 Å². The second kappa shape index (κ2) is 4.60. The number of aromatic carboxylic acids is 1. The van der Waals surface area contributed by atoms with Gasteiger partial charge in [0.05, 0.1) is 5.56 Å². The SMILES string of the molecule is CCCNc1ccc(F)cc1C(=O)O. The average Bonchev–Trinajstić information content (AvgIpc) is 2.15. The summed E-state index contributed by atoms with van der Waals surface area (Å²) in [5, 5.41) is 11.7. The van der Waals surface area contributed by atoms with E-state index in [1.54, 1.807) is 0 Å². The third kappa shape index (κ3) is 2.45. The van der Waals surface area contributed by atoms with Crippen molar-refractivity contribution < 1.29 is 14.3 Å². The van der Waals surface area contributed by atoms with Crippen LogP contribution in [0.3, 0.4) is 0 Å². The van der Waals surface area contributed by atoms with Crippen LogP contribution in [0.1, 0.15) is 23.7 Å². The summed E-state index contributed by atoms with van der Waals surface area (Å²) in [5.41, 5.74) is 0.430. The van der Waals surface area contributed by atoms with E-state index >= 15 is 0 Å². The van der Waals surface area contributed by atoms with Gasteiger partial charge in [-0.1, -0.05) is 6.92 Å². The number of nitrogens with one attached hydrogen (secondary N) is 1. The minimum atomic E-state index is -1.12. The molecule has 0 unspecified atom stereocenters. The first-order valence-corrected chi connectivity index (χ1v) is 4.42. The van der Waals surface area contributed by atoms with Gasteiger partial charge in [-0.3, -0.25) is 0 Å². The maximum Gasteiger partial charge on any atom is 0.337 e. The highest BCUT2D eigenvalue weighted by atomic mass is 19.1. The molecule has 4 heteroatoms. The zero-order chi connectivity index (χ0) is 10.6. The molecular formula is C10H12FNO2. The Labute approximate surface area is 81.6 Å². The van der Waals surface area contributed by atoms with Crippen molar-refractivity contribution in [2.75, 3.05) is 11.9 Å². The molecule has 3 nitrogen and oxygen atoms in total. The maximum atomic E-state index is 12.7. The van der Waals surface area contributed by atoms with Gasteiger partial charge in [0, 0.05) is 12.2 Å². The van der Waals surface area contributed by atoms with E-state index in [1.165, 1.54) is 12.1 Å². The summed E-state index contributed by atoms with van der Waals surface area (Å²) in [4.78, 5) is 10.7. The zero-order valence-electron chi connectivity index (χ0n) is 7.88. The topological polar surface area (TPSA) is 49.3 Å². The highest BCUT2D eigenvalue weighted by Gasteiger charge is 2.10. The molecule has 1 aromatic carbocycles. The summed E-state index contributed by atoms with van der Waals surface area (Å²) in [5.74, 6) is -1.66. The highest BCUT2D eigenvalue weighted by molar-refractivity contribution is 5.94. The molecule has 2 N–H and O–H groups in total. The molecule has 0 saturated carbocycles. The molecule has 1 rings (SSSR count). The number of halogens is 1. The molecule has 76 valence electrons. The molecule has 0 fully saturated rings. The molecule has 14 heavy (non-hydrogen) atoms. The fourth-order valence-corrected chi connectivity index (χ4v) is 1.11. The summed E-state index contributed by atoms with van der Waals surface area (Å²) < 4.78 is 12.7. The van der Waals surface area contributed by atoms with Crippen molar-refractivity contribution in [2.24, 2.45) is 0 Å². The second-order valence-electron chi connectivity index (χ2n) is 2.92. The van der Waals surface area contributed by atoms with E-state index in [2.05, 4.69) is 5.32 Å². The van der Waals surface area contributed by atoms with Crippen LogP contribution in [0.15, 0.2) is 18.2 Å². The molecule has 0 radical (unpaired) electrons. The van der Waals surface area contributed by atoms with Crippen molar-refractivity contribution >= 4 is 11.7 Å². The zero-order valence-corrected chi connectivity index (χ0v) is 7.88. The lowest BCUT2D eigenvalue weighted by atomic mass is 10.1. The Kier molecular flexibility index (Phi) is 3.45. The molecule has 0 atom stereocenters. The quantitative estimate of drug-likeness (QED) is 0.778. The lowest BCUT2D eigenvalue weighted by Gasteiger charge is -2.07. The lowest BCUT2D eigenvalue weighted by molar-refractivity contribution is 0.0697. The molecule has 0 heterocycles. The number of carbonyl (C=O) groups is 1. The maximum absolute atomic E-state index is 12.7. The highest BCUT2D eigenvalue weighted by Crippen LogP contribution is 2.16. The summed E-state index contributed by atoms with van der Waals surface area (Å²) in [7, 11) is 0. The molecule has 1 aromatic rings. The Morgan fingerprint density at radius 3 is 2.86 bits per heavy atom. The van der Waals surface area contributed by atoms with Crippen molar-refractivity contribution in [3.63, 3.8) is 0 Å². The van der Waals surface area contributed by atoms with Crippen LogP contribution in [-0.2, 0) is 0 Å². The van der Waals surface area contributed by atoms with Gasteiger partial charge < -0.3 is 10.4 Å². The molecule has 0 saturated heterocycles. The van der Waals surface area contributed by atoms with E-state index in [4.69, 9.17) is 5.11 Å². The smallest absolute Gasteiger partial charge is 0.337 e. The Morgan fingerprint density at radius 1 is 1.57 bits per heavy atom. The van der Waals surface area contributed by atoms with Gasteiger partial charge in [-0.25, -0.2) is 9.18 Å². The van der Waals surface area contributed by atoms with Crippen LogP contribution in [0.5, 0.6) is 0 Å². The van der Waals surface area contributed by atoms with E-state index in [0.717, 1.165) is 12.5 Å². The third-order valence-electron chi connectivity index (χ3n) is 1.78. The molecule has 0 aliphatic rings. The molecule has 0 aliphatic carbocycles. The molecule has 0 bridgehead atoms. The molecule has 0 amide bonds. The number of carboxylic acids is 1. The fourth-order valence-electron chi connectivity index (χ4n) is 1.11. The van der Waals surface area contributed by atoms with E-state index in [9.17, 15) is 9.18 Å². The average molecular weight is 197 g/mol. The van der Waals surface area contributed by atoms with E-state index in [1.807, 2.05) is 6.92 Å². The van der Waals surface area contributed by atoms with Gasteiger partial charge in [-0.05, 0) is 24.6 Å². The third-order valence-corrected chi connectivity index (χ3v) is 1.78. The Hall–Kier alpha value is -1.58. The number of hydrogen-bond donors (Lipinski definition) is 2. The van der Waals surface area contributed by atoms with Crippen molar-refractivity contribution in [1.29, 1.82) is 0 Å². The van der Waals surface area contributed by atoms with Gasteiger partial charge in [0.15, 0.2) is 0 Å². The van der Waals surface area contributed by atoms with Gasteiger partial charge in [-0.15, -0.1) is 0 Å². The van der Waals surface area contributed by atoms with Gasteiger partial charge in [0.25, 0.3) is 0 Å². The molecule has 0 spiro atoms. The van der Waals surface area contributed by atoms with Crippen LogP contribution < -0.4 is 5.32 Å². The van der Waals surface area contributed by atoms with Crippen LogP contribution in [0.25, 0.3) is 0 Å². The molecular weight excluding hydrogens is 185 g/mol. The van der Waals surface area contributed by atoms with Gasteiger partial charge >= 0.3 is 5.97 Å². The van der Waals surface area contributed by atoms with E-state index in [-0.39, 0.29) is 5.56 Å². The van der Waals surface area contributed by atoms with E-state index < -0.39 is 11.8 Å².